The molecule has 0 aliphatic heterocycles. The van der Waals surface area contributed by atoms with Crippen LogP contribution >= 0.6 is 0 Å². The molecule has 0 rings (SSSR count). The lowest BCUT2D eigenvalue weighted by molar-refractivity contribution is -0.122. The van der Waals surface area contributed by atoms with Gasteiger partial charge in [0.15, 0.2) is 0 Å². The molecule has 0 aromatic heterocycles. The van der Waals surface area contributed by atoms with E-state index in [1.165, 1.54) is 18.1 Å². The number of carboxylic acid groups (broad SMARTS) is 1. The molecule has 3 nitrogen and oxygen atoms in total. The molecule has 4 N–H and O–H groups in total. The molecule has 0 heterocycles. The maximum Gasteiger partial charge on any atom is 0.290 e. The van der Waals surface area contributed by atoms with Gasteiger partial charge >= 0.3 is 0 Å². The van der Waals surface area contributed by atoms with Crippen molar-refractivity contribution in [3.8, 4) is 0 Å². The summed E-state index contributed by atoms with van der Waals surface area (Å²) >= 11 is 0. The molecule has 0 aliphatic rings. The highest BCUT2D eigenvalue weighted by Crippen LogP contribution is 2.01. The normalized spacial score (nSPS) is 7.64. The van der Waals surface area contributed by atoms with Gasteiger partial charge in [-0.2, -0.15) is 0 Å². The average Bonchev–Trinajstić information content (AvgIpc) is 1.93. The van der Waals surface area contributed by atoms with Crippen LogP contribution in [0, 0.1) is 0 Å². The number of carbonyl (C=O) groups is 1. The third-order valence-electron chi connectivity index (χ3n) is 1.73. The predicted octanol–water partition coefficient (Wildman–Crippen LogP) is 2.14. The molecule has 0 fully saturated rings. The van der Waals surface area contributed by atoms with Gasteiger partial charge in [0.1, 0.15) is 0 Å². The van der Waals surface area contributed by atoms with Crippen LogP contribution in [0.15, 0.2) is 0 Å². The SMILES string of the molecule is CC[SiH](CC)CC.N.O=CO. The minimum atomic E-state index is -0.250. The van der Waals surface area contributed by atoms with E-state index in [2.05, 4.69) is 20.8 Å². The number of rotatable bonds is 3. The third kappa shape index (κ3) is 17.7. The first-order valence-electron chi connectivity index (χ1n) is 3.84. The minimum Gasteiger partial charge on any atom is -0.483 e. The Hall–Kier alpha value is -0.353. The van der Waals surface area contributed by atoms with Crippen LogP contribution < -0.4 is 6.15 Å². The van der Waals surface area contributed by atoms with Crippen molar-refractivity contribution < 1.29 is 9.90 Å². The first kappa shape index (κ1) is 16.9. The highest BCUT2D eigenvalue weighted by molar-refractivity contribution is 6.58. The maximum atomic E-state index is 8.36. The zero-order valence-electron chi connectivity index (χ0n) is 7.84. The van der Waals surface area contributed by atoms with Gasteiger partial charge in [0, 0.05) is 8.80 Å². The van der Waals surface area contributed by atoms with Crippen LogP contribution in [0.25, 0.3) is 0 Å². The lowest BCUT2D eigenvalue weighted by Crippen LogP contribution is -2.04. The molecule has 0 saturated heterocycles. The molecule has 70 valence electrons. The second-order valence-electron chi connectivity index (χ2n) is 2.20. The second kappa shape index (κ2) is 16.3. The first-order chi connectivity index (χ1) is 4.76. The molecule has 0 aliphatic carbocycles. The van der Waals surface area contributed by atoms with Crippen LogP contribution in [-0.2, 0) is 4.79 Å². The van der Waals surface area contributed by atoms with E-state index in [1.807, 2.05) is 0 Å². The number of hydrogen-bond donors (Lipinski definition) is 2. The van der Waals surface area contributed by atoms with Crippen molar-refractivity contribution in [1.29, 1.82) is 0 Å². The summed E-state index contributed by atoms with van der Waals surface area (Å²) in [6, 6.07) is 4.48. The highest BCUT2D eigenvalue weighted by Gasteiger charge is 1.98. The van der Waals surface area contributed by atoms with Gasteiger partial charge in [-0.1, -0.05) is 38.9 Å². The summed E-state index contributed by atoms with van der Waals surface area (Å²) in [6.07, 6.45) is 0. The Kier molecular flexibility index (Phi) is 25.1. The monoisotopic (exact) mass is 179 g/mol. The summed E-state index contributed by atoms with van der Waals surface area (Å²) in [4.78, 5) is 8.36. The lowest BCUT2D eigenvalue weighted by atomic mass is 10.9. The fraction of sp³-hybridized carbons (Fsp3) is 0.857. The molecule has 0 amide bonds. The molecule has 0 aromatic carbocycles. The Morgan fingerprint density at radius 1 is 1.18 bits per heavy atom. The van der Waals surface area contributed by atoms with E-state index in [0.29, 0.717) is 0 Å². The van der Waals surface area contributed by atoms with Crippen molar-refractivity contribution in [3.05, 3.63) is 0 Å². The summed E-state index contributed by atoms with van der Waals surface area (Å²) in [6.45, 7) is 6.72. The van der Waals surface area contributed by atoms with Crippen molar-refractivity contribution in [2.75, 3.05) is 0 Å². The smallest absolute Gasteiger partial charge is 0.290 e. The summed E-state index contributed by atoms with van der Waals surface area (Å²) in [5, 5.41) is 6.89. The zero-order valence-corrected chi connectivity index (χ0v) is 8.99. The Morgan fingerprint density at radius 2 is 1.36 bits per heavy atom. The Bertz CT molecular complexity index is 62.0. The van der Waals surface area contributed by atoms with Gasteiger partial charge in [-0.25, -0.2) is 0 Å². The second-order valence-corrected chi connectivity index (χ2v) is 6.38. The molecular weight excluding hydrogens is 158 g/mol. The van der Waals surface area contributed by atoms with E-state index >= 15 is 0 Å². The molecule has 4 heteroatoms. The summed E-state index contributed by atoms with van der Waals surface area (Å²) in [7, 11) is -0.171. The quantitative estimate of drug-likeness (QED) is 0.515. The van der Waals surface area contributed by atoms with Crippen molar-refractivity contribution in [2.24, 2.45) is 0 Å². The van der Waals surface area contributed by atoms with Crippen LogP contribution in [0.4, 0.5) is 0 Å². The lowest BCUT2D eigenvalue weighted by Gasteiger charge is -2.03. The Balaban J connectivity index is -0.000000140. The van der Waals surface area contributed by atoms with E-state index < -0.39 is 0 Å². The van der Waals surface area contributed by atoms with E-state index in [9.17, 15) is 0 Å². The van der Waals surface area contributed by atoms with Gasteiger partial charge < -0.3 is 11.3 Å². The van der Waals surface area contributed by atoms with Gasteiger partial charge in [0.05, 0.1) is 0 Å². The molecule has 0 radical (unpaired) electrons. The fourth-order valence-corrected chi connectivity index (χ4v) is 2.60. The Labute approximate surface area is 71.0 Å². The average molecular weight is 179 g/mol. The van der Waals surface area contributed by atoms with Gasteiger partial charge in [0.2, 0.25) is 0 Å². The maximum absolute atomic E-state index is 8.36. The summed E-state index contributed by atoms with van der Waals surface area (Å²) < 4.78 is 0. The third-order valence-corrected chi connectivity index (χ3v) is 5.20. The largest absolute Gasteiger partial charge is 0.483 e. The topological polar surface area (TPSA) is 72.3 Å². The van der Waals surface area contributed by atoms with Crippen molar-refractivity contribution in [3.63, 3.8) is 0 Å². The first-order valence-corrected chi connectivity index (χ1v) is 6.29. The fourth-order valence-electron chi connectivity index (χ4n) is 0.866. The van der Waals surface area contributed by atoms with Crippen LogP contribution in [0.3, 0.4) is 0 Å². The molecular formula is C7H21NO2Si. The molecule has 0 unspecified atom stereocenters. The van der Waals surface area contributed by atoms with Gasteiger partial charge in [-0.05, 0) is 0 Å². The van der Waals surface area contributed by atoms with E-state index in [0.717, 1.165) is 0 Å². The van der Waals surface area contributed by atoms with E-state index in [1.54, 1.807) is 0 Å². The molecule has 0 spiro atoms. The minimum absolute atomic E-state index is 0. The molecule has 0 aromatic rings. The molecule has 11 heavy (non-hydrogen) atoms. The van der Waals surface area contributed by atoms with Crippen LogP contribution in [0.2, 0.25) is 18.1 Å². The number of hydrogen-bond acceptors (Lipinski definition) is 2. The molecule has 0 saturated carbocycles. The highest BCUT2D eigenvalue weighted by atomic mass is 28.3. The Morgan fingerprint density at radius 3 is 1.36 bits per heavy atom. The zero-order chi connectivity index (χ0) is 8.41. The summed E-state index contributed by atoms with van der Waals surface area (Å²) in [5.41, 5.74) is 0. The van der Waals surface area contributed by atoms with E-state index in [4.69, 9.17) is 9.90 Å². The molecule has 0 atom stereocenters. The van der Waals surface area contributed by atoms with E-state index in [-0.39, 0.29) is 21.4 Å². The van der Waals surface area contributed by atoms with Gasteiger partial charge in [-0.15, -0.1) is 0 Å². The van der Waals surface area contributed by atoms with Crippen LogP contribution in [-0.4, -0.2) is 20.4 Å². The predicted molar refractivity (Wildman–Crippen MR) is 52.3 cm³/mol. The van der Waals surface area contributed by atoms with Crippen molar-refractivity contribution >= 4 is 15.3 Å². The standard InChI is InChI=1S/C6H16Si.CH2O2.H3N/c1-4-7(5-2)6-3;2-1-3;/h7H,4-6H2,1-3H3;1H,(H,2,3);1H3. The van der Waals surface area contributed by atoms with Crippen LogP contribution in [0.5, 0.6) is 0 Å². The van der Waals surface area contributed by atoms with Crippen molar-refractivity contribution in [1.82, 2.24) is 6.15 Å². The molecule has 0 bridgehead atoms. The van der Waals surface area contributed by atoms with Gasteiger partial charge in [0.25, 0.3) is 6.47 Å². The summed E-state index contributed by atoms with van der Waals surface area (Å²) in [5.74, 6) is 0. The van der Waals surface area contributed by atoms with Gasteiger partial charge in [-0.3, -0.25) is 4.79 Å². The van der Waals surface area contributed by atoms with Crippen LogP contribution in [0.1, 0.15) is 20.8 Å². The van der Waals surface area contributed by atoms with Crippen molar-refractivity contribution in [2.45, 2.75) is 38.9 Å².